The Balaban J connectivity index is 1.71. The van der Waals surface area contributed by atoms with Gasteiger partial charge in [0.05, 0.1) is 24.8 Å². The van der Waals surface area contributed by atoms with Crippen molar-refractivity contribution >= 4 is 6.29 Å². The molecule has 2 atom stereocenters. The second kappa shape index (κ2) is 8.62. The molecule has 1 saturated carbocycles. The van der Waals surface area contributed by atoms with Gasteiger partial charge in [-0.3, -0.25) is 9.48 Å². The van der Waals surface area contributed by atoms with Gasteiger partial charge in [0.15, 0.2) is 6.29 Å². The molecule has 0 aliphatic heterocycles. The minimum atomic E-state index is -4.23. The van der Waals surface area contributed by atoms with Crippen molar-refractivity contribution in [3.8, 4) is 11.6 Å². The van der Waals surface area contributed by atoms with Gasteiger partial charge in [0, 0.05) is 36.3 Å². The Morgan fingerprint density at radius 1 is 1.32 bits per heavy atom. The molecule has 0 amide bonds. The molecule has 0 bridgehead atoms. The monoisotopic (exact) mass is 397 g/mol. The van der Waals surface area contributed by atoms with Crippen LogP contribution in [0, 0.1) is 5.92 Å². The third-order valence-corrected chi connectivity index (χ3v) is 5.11. The number of nitrogens with zero attached hydrogens (tertiary/aromatic N) is 3. The summed E-state index contributed by atoms with van der Waals surface area (Å²) in [6.45, 7) is 0.107. The SMILES string of the molecule is O=Cc1cc(O)ncc1OCC1CCCCC1c1ccnn1CCC(F)(F)F. The molecule has 2 aromatic heterocycles. The summed E-state index contributed by atoms with van der Waals surface area (Å²) in [5.41, 5.74) is 0.993. The van der Waals surface area contributed by atoms with Gasteiger partial charge in [0.1, 0.15) is 5.75 Å². The molecule has 3 rings (SSSR count). The summed E-state index contributed by atoms with van der Waals surface area (Å²) in [5, 5.41) is 13.5. The van der Waals surface area contributed by atoms with E-state index in [-0.39, 0.29) is 35.6 Å². The lowest BCUT2D eigenvalue weighted by Gasteiger charge is -2.32. The topological polar surface area (TPSA) is 77.2 Å². The third kappa shape index (κ3) is 5.02. The van der Waals surface area contributed by atoms with Gasteiger partial charge in [0.25, 0.3) is 0 Å². The summed E-state index contributed by atoms with van der Waals surface area (Å²) in [4.78, 5) is 14.9. The smallest absolute Gasteiger partial charge is 0.390 e. The Morgan fingerprint density at radius 3 is 2.86 bits per heavy atom. The number of aldehydes is 1. The van der Waals surface area contributed by atoms with Crippen molar-refractivity contribution in [3.05, 3.63) is 35.8 Å². The molecule has 28 heavy (non-hydrogen) atoms. The summed E-state index contributed by atoms with van der Waals surface area (Å²) < 4.78 is 45.0. The summed E-state index contributed by atoms with van der Waals surface area (Å²) in [6.07, 6.45) is 1.99. The molecule has 0 spiro atoms. The molecular formula is C19H22F3N3O3. The van der Waals surface area contributed by atoms with Crippen LogP contribution in [0.5, 0.6) is 11.6 Å². The second-order valence-corrected chi connectivity index (χ2v) is 7.00. The highest BCUT2D eigenvalue weighted by atomic mass is 19.4. The number of aryl methyl sites for hydroxylation is 1. The number of alkyl halides is 3. The molecule has 2 aromatic rings. The number of hydrogen-bond donors (Lipinski definition) is 1. The minimum Gasteiger partial charge on any atom is -0.493 e. The van der Waals surface area contributed by atoms with E-state index in [9.17, 15) is 23.1 Å². The Kier molecular flexibility index (Phi) is 6.21. The van der Waals surface area contributed by atoms with Crippen molar-refractivity contribution in [2.75, 3.05) is 6.61 Å². The van der Waals surface area contributed by atoms with E-state index in [2.05, 4.69) is 10.1 Å². The van der Waals surface area contributed by atoms with E-state index >= 15 is 0 Å². The number of aromatic hydroxyl groups is 1. The van der Waals surface area contributed by atoms with Crippen LogP contribution in [0.25, 0.3) is 0 Å². The first-order chi connectivity index (χ1) is 13.4. The number of halogens is 3. The highest BCUT2D eigenvalue weighted by Gasteiger charge is 2.31. The first-order valence-corrected chi connectivity index (χ1v) is 9.23. The lowest BCUT2D eigenvalue weighted by molar-refractivity contribution is -0.137. The molecule has 0 radical (unpaired) electrons. The lowest BCUT2D eigenvalue weighted by atomic mass is 9.78. The van der Waals surface area contributed by atoms with E-state index in [4.69, 9.17) is 4.74 Å². The molecule has 1 fully saturated rings. The highest BCUT2D eigenvalue weighted by Crippen LogP contribution is 2.38. The lowest BCUT2D eigenvalue weighted by Crippen LogP contribution is -2.26. The van der Waals surface area contributed by atoms with Gasteiger partial charge < -0.3 is 9.84 Å². The quantitative estimate of drug-likeness (QED) is 0.712. The summed E-state index contributed by atoms with van der Waals surface area (Å²) in [5.74, 6) is 0.138. The molecule has 1 N–H and O–H groups in total. The third-order valence-electron chi connectivity index (χ3n) is 5.11. The number of carbonyl (C=O) groups excluding carboxylic acids is 1. The molecule has 2 heterocycles. The highest BCUT2D eigenvalue weighted by molar-refractivity contribution is 5.79. The van der Waals surface area contributed by atoms with Gasteiger partial charge >= 0.3 is 6.18 Å². The second-order valence-electron chi connectivity index (χ2n) is 7.00. The summed E-state index contributed by atoms with van der Waals surface area (Å²) in [6, 6.07) is 3.01. The van der Waals surface area contributed by atoms with E-state index in [1.54, 1.807) is 6.07 Å². The van der Waals surface area contributed by atoms with Gasteiger partial charge in [-0.1, -0.05) is 12.8 Å². The van der Waals surface area contributed by atoms with E-state index in [1.807, 2.05) is 0 Å². The van der Waals surface area contributed by atoms with E-state index in [0.29, 0.717) is 12.9 Å². The molecule has 152 valence electrons. The fraction of sp³-hybridized carbons (Fsp3) is 0.526. The average molecular weight is 397 g/mol. The van der Waals surface area contributed by atoms with Gasteiger partial charge in [-0.05, 0) is 18.9 Å². The van der Waals surface area contributed by atoms with Gasteiger partial charge in [-0.2, -0.15) is 18.3 Å². The summed E-state index contributed by atoms with van der Waals surface area (Å²) >= 11 is 0. The Morgan fingerprint density at radius 2 is 2.11 bits per heavy atom. The fourth-order valence-electron chi connectivity index (χ4n) is 3.73. The van der Waals surface area contributed by atoms with Crippen LogP contribution in [-0.2, 0) is 6.54 Å². The van der Waals surface area contributed by atoms with Crippen LogP contribution in [0.1, 0.15) is 54.1 Å². The van der Waals surface area contributed by atoms with Crippen LogP contribution < -0.4 is 4.74 Å². The first kappa shape index (κ1) is 20.2. The zero-order valence-electron chi connectivity index (χ0n) is 15.2. The molecule has 0 saturated heterocycles. The first-order valence-electron chi connectivity index (χ1n) is 9.23. The van der Waals surface area contributed by atoms with Crippen molar-refractivity contribution in [1.29, 1.82) is 0 Å². The molecule has 1 aliphatic carbocycles. The number of ether oxygens (including phenoxy) is 1. The van der Waals surface area contributed by atoms with Crippen molar-refractivity contribution in [2.24, 2.45) is 5.92 Å². The minimum absolute atomic E-state index is 0.0363. The number of hydrogen-bond acceptors (Lipinski definition) is 5. The normalized spacial score (nSPS) is 20.1. The maximum absolute atomic E-state index is 12.6. The van der Waals surface area contributed by atoms with Crippen LogP contribution in [0.2, 0.25) is 0 Å². The van der Waals surface area contributed by atoms with E-state index < -0.39 is 12.6 Å². The molecule has 0 aromatic carbocycles. The molecule has 6 nitrogen and oxygen atoms in total. The molecule has 1 aliphatic rings. The van der Waals surface area contributed by atoms with Crippen LogP contribution in [0.15, 0.2) is 24.5 Å². The van der Waals surface area contributed by atoms with Gasteiger partial charge in [-0.15, -0.1) is 0 Å². The molecular weight excluding hydrogens is 375 g/mol. The number of aromatic nitrogens is 3. The van der Waals surface area contributed by atoms with Gasteiger partial charge in [-0.25, -0.2) is 4.98 Å². The van der Waals surface area contributed by atoms with E-state index in [1.165, 1.54) is 23.1 Å². The zero-order valence-corrected chi connectivity index (χ0v) is 15.2. The van der Waals surface area contributed by atoms with Gasteiger partial charge in [0.2, 0.25) is 5.88 Å². The Bertz CT molecular complexity index is 807. The predicted molar refractivity (Wildman–Crippen MR) is 94.4 cm³/mol. The van der Waals surface area contributed by atoms with Crippen molar-refractivity contribution in [3.63, 3.8) is 0 Å². The standard InChI is InChI=1S/C19H22F3N3O3/c20-19(21,22)6-8-25-16(5-7-24-25)15-4-2-1-3-13(15)12-28-17-10-23-18(27)9-14(17)11-26/h5,7,9-11,13,15H,1-4,6,8,12H2,(H,23,27). The Labute approximate surface area is 160 Å². The fourth-order valence-corrected chi connectivity index (χ4v) is 3.73. The van der Waals surface area contributed by atoms with Crippen LogP contribution in [0.4, 0.5) is 13.2 Å². The summed E-state index contributed by atoms with van der Waals surface area (Å²) in [7, 11) is 0. The van der Waals surface area contributed by atoms with Crippen LogP contribution in [-0.4, -0.2) is 38.9 Å². The Hall–Kier alpha value is -2.58. The molecule has 2 unspecified atom stereocenters. The van der Waals surface area contributed by atoms with Crippen molar-refractivity contribution < 1.29 is 27.8 Å². The maximum atomic E-state index is 12.6. The predicted octanol–water partition coefficient (Wildman–Crippen LogP) is 4.10. The van der Waals surface area contributed by atoms with Crippen molar-refractivity contribution in [1.82, 2.24) is 14.8 Å². The van der Waals surface area contributed by atoms with E-state index in [0.717, 1.165) is 31.4 Å². The number of pyridine rings is 1. The maximum Gasteiger partial charge on any atom is 0.390 e. The number of rotatable bonds is 7. The van der Waals surface area contributed by atoms with Crippen LogP contribution in [0.3, 0.4) is 0 Å². The number of carbonyl (C=O) groups is 1. The molecule has 9 heteroatoms. The van der Waals surface area contributed by atoms with Crippen LogP contribution >= 0.6 is 0 Å². The zero-order chi connectivity index (χ0) is 20.1. The largest absolute Gasteiger partial charge is 0.493 e. The average Bonchev–Trinajstić information content (AvgIpc) is 3.13. The van der Waals surface area contributed by atoms with Crippen molar-refractivity contribution in [2.45, 2.75) is 50.7 Å².